The van der Waals surface area contributed by atoms with Gasteiger partial charge in [-0.05, 0) is 61.0 Å². The second-order valence-electron chi connectivity index (χ2n) is 8.44. The Hall–Kier alpha value is -2.20. The molecule has 1 aromatic rings. The normalized spacial score (nSPS) is 32.9. The minimum atomic E-state index is -0.202. The fourth-order valence-corrected chi connectivity index (χ4v) is 4.49. The molecule has 3 rings (SSSR count). The number of nitrogens with zero attached hydrogens (tertiary/aromatic N) is 1. The Kier molecular flexibility index (Phi) is 6.84. The number of fused-ring (bicyclic) bond motifs is 1. The van der Waals surface area contributed by atoms with Crippen LogP contribution in [0.1, 0.15) is 39.2 Å². The molecule has 150 valence electrons. The van der Waals surface area contributed by atoms with Gasteiger partial charge in [-0.1, -0.05) is 50.3 Å². The second kappa shape index (κ2) is 9.33. The highest BCUT2D eigenvalue weighted by molar-refractivity contribution is 5.92. The summed E-state index contributed by atoms with van der Waals surface area (Å²) in [5.74, 6) is 2.19. The Morgan fingerprint density at radius 1 is 1.32 bits per heavy atom. The van der Waals surface area contributed by atoms with Crippen LogP contribution in [0.4, 0.5) is 0 Å². The highest BCUT2D eigenvalue weighted by Gasteiger charge is 2.39. The predicted molar refractivity (Wildman–Crippen MR) is 112 cm³/mol. The van der Waals surface area contributed by atoms with Crippen LogP contribution in [0.5, 0.6) is 0 Å². The van der Waals surface area contributed by atoms with Crippen molar-refractivity contribution in [2.75, 3.05) is 0 Å². The zero-order valence-electron chi connectivity index (χ0n) is 17.1. The SMILES string of the molecule is C/C(=C\C=C\[C@@H]1[C@H]2C[C@@H](O)[C@H](C)C[C@@H]2C=C[C@@H]1C)C(=O)NCc1cccnc1. The number of rotatable bonds is 5. The molecular formula is C24H32N2O2. The van der Waals surface area contributed by atoms with Crippen LogP contribution in [0.15, 0.2) is 60.5 Å². The number of aliphatic hydroxyl groups excluding tert-OH is 1. The molecule has 4 nitrogen and oxygen atoms in total. The van der Waals surface area contributed by atoms with Crippen LogP contribution < -0.4 is 5.32 Å². The van der Waals surface area contributed by atoms with Crippen LogP contribution >= 0.6 is 0 Å². The topological polar surface area (TPSA) is 62.2 Å². The number of aliphatic hydroxyl groups is 1. The fourth-order valence-electron chi connectivity index (χ4n) is 4.49. The number of carbonyl (C=O) groups excluding carboxylic acids is 1. The number of carbonyl (C=O) groups is 1. The summed E-state index contributed by atoms with van der Waals surface area (Å²) < 4.78 is 0. The van der Waals surface area contributed by atoms with Crippen LogP contribution in [0.2, 0.25) is 0 Å². The van der Waals surface area contributed by atoms with Gasteiger partial charge in [-0.25, -0.2) is 0 Å². The van der Waals surface area contributed by atoms with Gasteiger partial charge in [0.05, 0.1) is 6.10 Å². The van der Waals surface area contributed by atoms with E-state index < -0.39 is 0 Å². The average Bonchev–Trinajstić information content (AvgIpc) is 2.70. The van der Waals surface area contributed by atoms with E-state index in [2.05, 4.69) is 42.4 Å². The van der Waals surface area contributed by atoms with Crippen molar-refractivity contribution in [3.05, 3.63) is 66.0 Å². The predicted octanol–water partition coefficient (Wildman–Crippen LogP) is 4.05. The van der Waals surface area contributed by atoms with E-state index in [1.165, 1.54) is 0 Å². The van der Waals surface area contributed by atoms with Gasteiger partial charge >= 0.3 is 0 Å². The minimum Gasteiger partial charge on any atom is -0.393 e. The summed E-state index contributed by atoms with van der Waals surface area (Å²) in [7, 11) is 0. The number of amides is 1. The summed E-state index contributed by atoms with van der Waals surface area (Å²) in [6, 6.07) is 3.81. The summed E-state index contributed by atoms with van der Waals surface area (Å²) in [6.45, 7) is 6.70. The van der Waals surface area contributed by atoms with Crippen molar-refractivity contribution in [2.24, 2.45) is 29.6 Å². The molecule has 1 heterocycles. The quantitative estimate of drug-likeness (QED) is 0.460. The molecule has 0 bridgehead atoms. The summed E-state index contributed by atoms with van der Waals surface area (Å²) in [5.41, 5.74) is 1.67. The molecule has 1 fully saturated rings. The minimum absolute atomic E-state index is 0.0649. The first-order valence-electron chi connectivity index (χ1n) is 10.3. The van der Waals surface area contributed by atoms with Gasteiger partial charge in [0.25, 0.3) is 0 Å². The van der Waals surface area contributed by atoms with Crippen LogP contribution in [0.3, 0.4) is 0 Å². The molecule has 2 aliphatic carbocycles. The molecule has 1 aromatic heterocycles. The van der Waals surface area contributed by atoms with Crippen molar-refractivity contribution >= 4 is 5.91 Å². The Morgan fingerprint density at radius 3 is 2.89 bits per heavy atom. The number of pyridine rings is 1. The molecule has 0 saturated heterocycles. The van der Waals surface area contributed by atoms with E-state index in [0.29, 0.717) is 41.7 Å². The second-order valence-corrected chi connectivity index (χ2v) is 8.44. The first-order valence-corrected chi connectivity index (χ1v) is 10.3. The molecule has 0 aromatic carbocycles. The first kappa shape index (κ1) is 20.5. The van der Waals surface area contributed by atoms with Gasteiger partial charge in [0.15, 0.2) is 0 Å². The lowest BCUT2D eigenvalue weighted by Crippen LogP contribution is -2.39. The van der Waals surface area contributed by atoms with Crippen molar-refractivity contribution in [3.63, 3.8) is 0 Å². The van der Waals surface area contributed by atoms with Crippen LogP contribution in [0.25, 0.3) is 0 Å². The third-order valence-electron chi connectivity index (χ3n) is 6.34. The molecule has 1 amide bonds. The van der Waals surface area contributed by atoms with Gasteiger partial charge < -0.3 is 10.4 Å². The molecule has 6 atom stereocenters. The number of nitrogens with one attached hydrogen (secondary N) is 1. The molecule has 1 saturated carbocycles. The van der Waals surface area contributed by atoms with Crippen molar-refractivity contribution in [3.8, 4) is 0 Å². The van der Waals surface area contributed by atoms with Crippen molar-refractivity contribution < 1.29 is 9.90 Å². The Balaban J connectivity index is 1.60. The van der Waals surface area contributed by atoms with E-state index >= 15 is 0 Å². The number of hydrogen-bond acceptors (Lipinski definition) is 3. The number of allylic oxidation sites excluding steroid dienone is 5. The smallest absolute Gasteiger partial charge is 0.247 e. The number of hydrogen-bond donors (Lipinski definition) is 2. The lowest BCUT2D eigenvalue weighted by atomic mass is 9.62. The third kappa shape index (κ3) is 4.99. The number of aromatic nitrogens is 1. The Morgan fingerprint density at radius 2 is 2.14 bits per heavy atom. The first-order chi connectivity index (χ1) is 13.5. The molecule has 4 heteroatoms. The maximum Gasteiger partial charge on any atom is 0.247 e. The Bertz CT molecular complexity index is 753. The van der Waals surface area contributed by atoms with Crippen LogP contribution in [-0.2, 0) is 11.3 Å². The molecule has 0 aliphatic heterocycles. The van der Waals surface area contributed by atoms with Crippen LogP contribution in [-0.4, -0.2) is 22.1 Å². The summed E-state index contributed by atoms with van der Waals surface area (Å²) in [5, 5.41) is 13.3. The fraction of sp³-hybridized carbons (Fsp3) is 0.500. The van der Waals surface area contributed by atoms with Crippen molar-refractivity contribution in [2.45, 2.75) is 46.3 Å². The van der Waals surface area contributed by atoms with Gasteiger partial charge in [0.1, 0.15) is 0 Å². The van der Waals surface area contributed by atoms with E-state index in [0.717, 1.165) is 18.4 Å². The van der Waals surface area contributed by atoms with Gasteiger partial charge in [-0.3, -0.25) is 9.78 Å². The van der Waals surface area contributed by atoms with Crippen molar-refractivity contribution in [1.29, 1.82) is 0 Å². The zero-order valence-corrected chi connectivity index (χ0v) is 17.1. The van der Waals surface area contributed by atoms with E-state index in [4.69, 9.17) is 0 Å². The van der Waals surface area contributed by atoms with Gasteiger partial charge in [-0.15, -0.1) is 0 Å². The zero-order chi connectivity index (χ0) is 20.1. The largest absolute Gasteiger partial charge is 0.393 e. The Labute approximate surface area is 168 Å². The highest BCUT2D eigenvalue weighted by Crippen LogP contribution is 2.45. The highest BCUT2D eigenvalue weighted by atomic mass is 16.3. The summed E-state index contributed by atoms with van der Waals surface area (Å²) >= 11 is 0. The van der Waals surface area contributed by atoms with E-state index in [1.807, 2.05) is 31.2 Å². The summed E-state index contributed by atoms with van der Waals surface area (Å²) in [6.07, 6.45) is 16.0. The van der Waals surface area contributed by atoms with E-state index in [-0.39, 0.29) is 12.0 Å². The molecule has 0 spiro atoms. The van der Waals surface area contributed by atoms with Gasteiger partial charge in [0.2, 0.25) is 5.91 Å². The van der Waals surface area contributed by atoms with E-state index in [9.17, 15) is 9.90 Å². The lowest BCUT2D eigenvalue weighted by Gasteiger charge is -2.44. The van der Waals surface area contributed by atoms with Crippen LogP contribution in [0, 0.1) is 29.6 Å². The molecule has 28 heavy (non-hydrogen) atoms. The molecular weight excluding hydrogens is 348 g/mol. The lowest BCUT2D eigenvalue weighted by molar-refractivity contribution is -0.117. The molecule has 0 unspecified atom stereocenters. The average molecular weight is 381 g/mol. The van der Waals surface area contributed by atoms with Gasteiger partial charge in [0, 0.05) is 24.5 Å². The molecule has 2 N–H and O–H groups in total. The monoisotopic (exact) mass is 380 g/mol. The molecule has 2 aliphatic rings. The maximum absolute atomic E-state index is 12.3. The van der Waals surface area contributed by atoms with Crippen molar-refractivity contribution in [1.82, 2.24) is 10.3 Å². The van der Waals surface area contributed by atoms with Gasteiger partial charge in [-0.2, -0.15) is 0 Å². The maximum atomic E-state index is 12.3. The molecule has 0 radical (unpaired) electrons. The summed E-state index contributed by atoms with van der Waals surface area (Å²) in [4.78, 5) is 16.4. The standard InChI is InChI=1S/C24H32N2O2/c1-16-9-10-20-12-18(3)23(27)13-22(20)21(16)8-4-6-17(2)24(28)26-15-19-7-5-11-25-14-19/h4-11,14,16,18,20-23,27H,12-13,15H2,1-3H3,(H,26,28)/b8-4+,17-6+/t16-,18+,20-,21-,22-,23+/m0/s1. The van der Waals surface area contributed by atoms with E-state index in [1.54, 1.807) is 12.4 Å². The third-order valence-corrected chi connectivity index (χ3v) is 6.34.